The summed E-state index contributed by atoms with van der Waals surface area (Å²) in [4.78, 5) is 139. The molecule has 15 rings (SSSR count). The molecule has 0 radical (unpaired) electrons. The Morgan fingerprint density at radius 1 is 0.392 bits per heavy atom. The monoisotopic (exact) mass is 1970 g/mol. The van der Waals surface area contributed by atoms with E-state index in [1.165, 1.54) is 7.11 Å². The van der Waals surface area contributed by atoms with Crippen LogP contribution < -0.4 is 56.3 Å². The summed E-state index contributed by atoms with van der Waals surface area (Å²) in [6.07, 6.45) is -0.243. The van der Waals surface area contributed by atoms with Gasteiger partial charge < -0.3 is 79.2 Å². The number of benzene rings is 12. The number of ketones is 2. The SMILES string of the molecule is CCOC(=O)CCC(=O)Cl.CCOC(=O)CCC(=O)Nc1ccccc1C(=O)c1cccc(OC)c1.CCOC(=O)Cc1c(-c2cccc(OC)c2)c2ccccc2[nH]c1=O.CCOC(=O)Cc1c(Cl)nc2ccccc2c1-c1cccc(OC)c1.COc1cccc(-c2c(CC(=O)O)c(=O)[nH]c3ccccc23)c1.COc1cccc(C#N)c1.COc1cccc(C(=O)c2ccccc2N)c1.Nc1ccccc1. The van der Waals surface area contributed by atoms with Crippen molar-refractivity contribution >= 4 is 126 Å². The number of carboxylic acids is 1. The zero-order valence-corrected chi connectivity index (χ0v) is 81.9. The summed E-state index contributed by atoms with van der Waals surface area (Å²) in [5.74, 6) is 0.730. The van der Waals surface area contributed by atoms with Gasteiger partial charge in [-0.25, -0.2) is 4.98 Å². The van der Waals surface area contributed by atoms with Crippen LogP contribution in [0.4, 0.5) is 17.1 Å². The Hall–Kier alpha value is -17.2. The van der Waals surface area contributed by atoms with Crippen molar-refractivity contribution in [1.82, 2.24) is 15.0 Å². The molecule has 1 amide bonds. The van der Waals surface area contributed by atoms with Crippen LogP contribution in [0, 0.1) is 11.3 Å². The van der Waals surface area contributed by atoms with E-state index < -0.39 is 23.2 Å². The Balaban J connectivity index is 0.000000206. The Morgan fingerprint density at radius 3 is 1.20 bits per heavy atom. The normalized spacial score (nSPS) is 10.1. The number of para-hydroxylation sites is 6. The number of nitrogens with one attached hydrogen (secondary N) is 3. The molecule has 31 heteroatoms. The first-order valence-electron chi connectivity index (χ1n) is 44.8. The van der Waals surface area contributed by atoms with Crippen LogP contribution in [0.3, 0.4) is 0 Å². The average Bonchev–Trinajstić information content (AvgIpc) is 0.790. The van der Waals surface area contributed by atoms with Crippen LogP contribution in [-0.2, 0) is 71.8 Å². The van der Waals surface area contributed by atoms with Crippen LogP contribution in [0.25, 0.3) is 66.1 Å². The summed E-state index contributed by atoms with van der Waals surface area (Å²) in [6.45, 7) is 8.16. The molecule has 0 spiro atoms. The van der Waals surface area contributed by atoms with Gasteiger partial charge in [-0.15, -0.1) is 0 Å². The molecular weight excluding hydrogens is 1870 g/mol. The highest BCUT2D eigenvalue weighted by atomic mass is 35.5. The van der Waals surface area contributed by atoms with Crippen LogP contribution in [0.15, 0.2) is 307 Å². The second-order valence-corrected chi connectivity index (χ2v) is 31.0. The maximum absolute atomic E-state index is 12.8. The largest absolute Gasteiger partial charge is 0.497 e. The minimum atomic E-state index is -1.05. The van der Waals surface area contributed by atoms with Crippen molar-refractivity contribution in [2.45, 2.75) is 72.6 Å². The van der Waals surface area contributed by atoms with Crippen molar-refractivity contribution < 1.29 is 95.6 Å². The fourth-order valence-electron chi connectivity index (χ4n) is 14.1. The number of nitrogens with zero attached hydrogens (tertiary/aromatic N) is 2. The molecule has 8 N–H and O–H groups in total. The number of pyridine rings is 3. The predicted molar refractivity (Wildman–Crippen MR) is 554 cm³/mol. The van der Waals surface area contributed by atoms with E-state index in [0.717, 1.165) is 72.2 Å². The summed E-state index contributed by atoms with van der Waals surface area (Å²) in [6, 6.07) is 91.1. The number of nitriles is 1. The fraction of sp³-hybridized carbons (Fsp3) is 0.188. The highest BCUT2D eigenvalue weighted by Gasteiger charge is 2.24. The van der Waals surface area contributed by atoms with Gasteiger partial charge in [-0.3, -0.25) is 52.7 Å². The minimum Gasteiger partial charge on any atom is -0.497 e. The van der Waals surface area contributed by atoms with Gasteiger partial charge in [0.05, 0.1) is 124 Å². The Morgan fingerprint density at radius 2 is 0.762 bits per heavy atom. The van der Waals surface area contributed by atoms with Crippen LogP contribution in [0.1, 0.15) is 107 Å². The van der Waals surface area contributed by atoms with Gasteiger partial charge in [0, 0.05) is 101 Å². The van der Waals surface area contributed by atoms with Gasteiger partial charge in [0.25, 0.3) is 11.1 Å². The van der Waals surface area contributed by atoms with Gasteiger partial charge in [-0.2, -0.15) is 5.26 Å². The molecule has 143 heavy (non-hydrogen) atoms. The Kier molecular flexibility index (Phi) is 45.4. The molecule has 0 bridgehead atoms. The maximum Gasteiger partial charge on any atom is 0.310 e. The number of ether oxygens (including phenoxy) is 10. The Labute approximate surface area is 836 Å². The van der Waals surface area contributed by atoms with Crippen LogP contribution in [-0.4, -0.2) is 142 Å². The molecule has 0 aliphatic rings. The molecular formula is C112H109Cl2N7O22. The van der Waals surface area contributed by atoms with Gasteiger partial charge >= 0.3 is 29.8 Å². The highest BCUT2D eigenvalue weighted by Crippen LogP contribution is 2.39. The highest BCUT2D eigenvalue weighted by molar-refractivity contribution is 6.63. The molecule has 15 aromatic rings. The zero-order valence-electron chi connectivity index (χ0n) is 80.4. The number of carboxylic acid groups (broad SMARTS) is 1. The van der Waals surface area contributed by atoms with Crippen molar-refractivity contribution in [3.63, 3.8) is 0 Å². The molecule has 12 aromatic carbocycles. The first-order valence-corrected chi connectivity index (χ1v) is 45.6. The molecule has 0 aliphatic heterocycles. The van der Waals surface area contributed by atoms with Crippen LogP contribution in [0.2, 0.25) is 5.15 Å². The molecule has 0 saturated carbocycles. The van der Waals surface area contributed by atoms with Crippen molar-refractivity contribution in [3.8, 4) is 73.9 Å². The number of halogens is 2. The molecule has 3 aromatic heterocycles. The second-order valence-electron chi connectivity index (χ2n) is 30.2. The van der Waals surface area contributed by atoms with Crippen molar-refractivity contribution in [2.75, 3.05) is 85.9 Å². The van der Waals surface area contributed by atoms with E-state index in [4.69, 9.17) is 87.7 Å². The number of aliphatic carboxylic acids is 1. The smallest absolute Gasteiger partial charge is 0.310 e. The number of esters is 4. The summed E-state index contributed by atoms with van der Waals surface area (Å²) in [5, 5.41) is 22.7. The number of H-pyrrole nitrogens is 2. The number of fused-ring (bicyclic) bond motifs is 3. The van der Waals surface area contributed by atoms with Gasteiger partial charge in [-0.1, -0.05) is 175 Å². The molecule has 0 unspecified atom stereocenters. The average molecular weight is 1980 g/mol. The number of hydrogen-bond acceptors (Lipinski definition) is 25. The number of carbonyl (C=O) groups is 9. The summed E-state index contributed by atoms with van der Waals surface area (Å²) in [5.41, 5.74) is 22.9. The first-order chi connectivity index (χ1) is 69.1. The molecule has 0 atom stereocenters. The van der Waals surface area contributed by atoms with Crippen molar-refractivity contribution in [1.29, 1.82) is 5.26 Å². The third-order valence-electron chi connectivity index (χ3n) is 20.6. The number of nitrogens with two attached hydrogens (primary N) is 2. The van der Waals surface area contributed by atoms with Gasteiger partial charge in [-0.05, 0) is 195 Å². The van der Waals surface area contributed by atoms with E-state index in [0.29, 0.717) is 103 Å². The lowest BCUT2D eigenvalue weighted by Crippen LogP contribution is -2.19. The van der Waals surface area contributed by atoms with Gasteiger partial charge in [0.1, 0.15) is 39.7 Å². The lowest BCUT2D eigenvalue weighted by Gasteiger charge is -2.15. The standard InChI is InChI=1S/C20H18ClNO3.C20H21NO5.C20H19NO4.C18H15NO4.C14H13NO2.C8H7NO.C6H9ClO3.C6H7N/c1-3-25-18(23)12-16-19(13-7-6-8-14(11-13)24-2)15-9-4-5-10-17(15)22-20(16)21;1-3-26-19(23)12-11-18(22)21-17-10-5-4-9-16(17)20(24)14-7-6-8-15(13-14)25-2;1-3-25-18(22)12-16-19(13-7-6-8-14(11-13)24-2)15-9-4-5-10-17(15)21-20(16)23;1-23-12-6-4-5-11(9-12)17-13-7-2-3-8-15(13)19-18(22)14(17)10-16(20)21;1-17-11-6-4-5-10(9-11)14(16)12-7-2-3-8-13(12)15;1-10-8-4-2-3-7(5-8)6-9;1-2-10-6(9)4-3-5(7)8;7-6-4-2-1-3-5-6/h4-11H,3,12H2,1-2H3;4-10,13H,3,11-12H2,1-2H3,(H,21,22);4-11H,3,12H2,1-2H3,(H,21,23);2-9H,10H2,1H3,(H,19,22)(H,20,21);2-9H,15H2,1H3;2-5H,1H3;2-4H2,1H3;1-5H,7H2. The lowest BCUT2D eigenvalue weighted by molar-refractivity contribution is -0.144. The van der Waals surface area contributed by atoms with E-state index in [2.05, 4.69) is 25.0 Å². The zero-order chi connectivity index (χ0) is 104. The predicted octanol–water partition coefficient (Wildman–Crippen LogP) is 20.5. The number of hydrogen-bond donors (Lipinski definition) is 6. The number of aromatic nitrogens is 3. The number of anilines is 3. The number of nitrogen functional groups attached to an aromatic ring is 2. The second kappa shape index (κ2) is 58.5. The molecule has 0 saturated heterocycles. The minimum absolute atomic E-state index is 0.00826. The Bertz CT molecular complexity index is 7070. The van der Waals surface area contributed by atoms with Crippen LogP contribution >= 0.6 is 23.2 Å². The van der Waals surface area contributed by atoms with Crippen molar-refractivity contribution in [2.24, 2.45) is 0 Å². The van der Waals surface area contributed by atoms with Gasteiger partial charge in [0.2, 0.25) is 11.1 Å². The van der Waals surface area contributed by atoms with Crippen LogP contribution in [0.5, 0.6) is 34.5 Å². The topological polar surface area (TPSA) is 433 Å². The number of carbonyl (C=O) groups excluding carboxylic acids is 8. The molecule has 29 nitrogen and oxygen atoms in total. The number of methoxy groups -OCH3 is 6. The van der Waals surface area contributed by atoms with E-state index in [1.54, 1.807) is 203 Å². The lowest BCUT2D eigenvalue weighted by atomic mass is 9.94. The third-order valence-corrected chi connectivity index (χ3v) is 21.1. The molecule has 3 heterocycles. The molecule has 0 fully saturated rings. The number of rotatable bonds is 30. The maximum atomic E-state index is 12.8. The summed E-state index contributed by atoms with van der Waals surface area (Å²) in [7, 11) is 9.45. The number of amides is 1. The summed E-state index contributed by atoms with van der Waals surface area (Å²) < 4.78 is 50.5. The van der Waals surface area contributed by atoms with Gasteiger partial charge in [0.15, 0.2) is 11.6 Å². The number of aromatic amines is 2. The fourth-order valence-corrected chi connectivity index (χ4v) is 14.4. The quantitative estimate of drug-likeness (QED) is 0.00608. The van der Waals surface area contributed by atoms with E-state index in [1.807, 2.05) is 164 Å². The summed E-state index contributed by atoms with van der Waals surface area (Å²) >= 11 is 11.4. The first kappa shape index (κ1) is 111. The van der Waals surface area contributed by atoms with E-state index in [-0.39, 0.29) is 104 Å². The van der Waals surface area contributed by atoms with E-state index in [9.17, 15) is 52.7 Å². The van der Waals surface area contributed by atoms with E-state index >= 15 is 0 Å². The van der Waals surface area contributed by atoms with Crippen molar-refractivity contribution in [3.05, 3.63) is 368 Å². The third kappa shape index (κ3) is 34.4. The molecule has 738 valence electrons. The molecule has 0 aliphatic carbocycles.